The van der Waals surface area contributed by atoms with E-state index in [9.17, 15) is 0 Å². The molecule has 0 aromatic rings. The number of rotatable bonds is 0. The van der Waals surface area contributed by atoms with Gasteiger partial charge in [-0.2, -0.15) is 0 Å². The Morgan fingerprint density at radius 1 is 0.625 bits per heavy atom. The van der Waals surface area contributed by atoms with Crippen molar-refractivity contribution in [2.24, 2.45) is 0 Å². The summed E-state index contributed by atoms with van der Waals surface area (Å²) >= 11 is 0. The van der Waals surface area contributed by atoms with Crippen LogP contribution in [0.3, 0.4) is 0 Å². The Kier molecular flexibility index (Phi) is 45400. The van der Waals surface area contributed by atoms with Gasteiger partial charge in [0, 0.05) is 20.1 Å². The molecule has 0 aromatic carbocycles. The van der Waals surface area contributed by atoms with Crippen LogP contribution in [0, 0.1) is 20.0 Å². The van der Waals surface area contributed by atoms with E-state index in [2.05, 4.69) is 20.0 Å². The zero-order chi connectivity index (χ0) is 6.00. The molecular formula is C3H2O4Tc. The second-order valence-corrected chi connectivity index (χ2v) is 0. The summed E-state index contributed by atoms with van der Waals surface area (Å²) in [5.74, 6) is 0. The van der Waals surface area contributed by atoms with Gasteiger partial charge in [-0.05, 0) is 0 Å². The summed E-state index contributed by atoms with van der Waals surface area (Å²) in [6, 6.07) is 0. The molecule has 0 unspecified atom stereocenters. The molecule has 0 saturated heterocycles. The van der Waals surface area contributed by atoms with Gasteiger partial charge in [0.05, 0.1) is 0 Å². The molecule has 0 aromatic heterocycles. The molecule has 0 saturated carbocycles. The molecule has 0 aliphatic rings. The van der Waals surface area contributed by atoms with E-state index >= 15 is 0 Å². The van der Waals surface area contributed by atoms with Crippen LogP contribution in [-0.2, 0) is 34.1 Å². The molecule has 0 fully saturated rings. The van der Waals surface area contributed by atoms with Crippen molar-refractivity contribution in [1.29, 1.82) is 0 Å². The van der Waals surface area contributed by atoms with Crippen LogP contribution in [0.15, 0.2) is 0 Å². The molecule has 0 aliphatic heterocycles. The van der Waals surface area contributed by atoms with E-state index in [4.69, 9.17) is 14.0 Å². The van der Waals surface area contributed by atoms with Gasteiger partial charge in [0.25, 0.3) is 0 Å². The van der Waals surface area contributed by atoms with Crippen molar-refractivity contribution in [3.05, 3.63) is 20.0 Å². The molecule has 2 N–H and O–H groups in total. The third kappa shape index (κ3) is 4670. The van der Waals surface area contributed by atoms with E-state index in [1.54, 1.807) is 0 Å². The second-order valence-electron chi connectivity index (χ2n) is 0. The minimum absolute atomic E-state index is 0. The van der Waals surface area contributed by atoms with Crippen LogP contribution in [-0.4, -0.2) is 5.48 Å². The first kappa shape index (κ1) is 45.6. The fourth-order valence-electron chi connectivity index (χ4n) is 0. The fourth-order valence-corrected chi connectivity index (χ4v) is 0. The van der Waals surface area contributed by atoms with Gasteiger partial charge < -0.3 is 5.48 Å². The Morgan fingerprint density at radius 2 is 0.625 bits per heavy atom. The molecule has 0 atom stereocenters. The Bertz CT molecular complexity index is 39.8. The van der Waals surface area contributed by atoms with E-state index < -0.39 is 0 Å². The van der Waals surface area contributed by atoms with Crippen LogP contribution in [0.1, 0.15) is 0 Å². The summed E-state index contributed by atoms with van der Waals surface area (Å²) in [7, 11) is 0. The topological polar surface area (TPSA) is 91.2 Å². The first-order valence-corrected chi connectivity index (χ1v) is 0.612. The maximum atomic E-state index is 7.50. The van der Waals surface area contributed by atoms with Gasteiger partial charge in [0.2, 0.25) is 0 Å². The fraction of sp³-hybridized carbons (Fsp3) is 0. The quantitative estimate of drug-likeness (QED) is 0.356. The van der Waals surface area contributed by atoms with Crippen molar-refractivity contribution in [2.75, 3.05) is 0 Å². The average Bonchev–Trinajstić information content (AvgIpc) is 1.81. The maximum Gasteiger partial charge on any atom is 0 e. The molecule has 4 nitrogen and oxygen atoms in total. The van der Waals surface area contributed by atoms with Gasteiger partial charge in [-0.15, -0.1) is 0 Å². The van der Waals surface area contributed by atoms with E-state index in [0.29, 0.717) is 0 Å². The first-order chi connectivity index (χ1) is 3.00. The molecule has 45 valence electrons. The molecule has 0 bridgehead atoms. The van der Waals surface area contributed by atoms with Crippen LogP contribution in [0.5, 0.6) is 0 Å². The predicted octanol–water partition coefficient (Wildman–Crippen LogP) is -0.940. The van der Waals surface area contributed by atoms with Crippen LogP contribution in [0.25, 0.3) is 0 Å². The second kappa shape index (κ2) is 7970. The standard InChI is InChI=1S/3CO.H2O.Tc/c3*1-2;;/h;;;1H2;. The number of hydrogen-bond acceptors (Lipinski definition) is 0. The van der Waals surface area contributed by atoms with E-state index in [0.717, 1.165) is 0 Å². The van der Waals surface area contributed by atoms with Crippen LogP contribution >= 0.6 is 0 Å². The van der Waals surface area contributed by atoms with Crippen molar-refractivity contribution in [3.8, 4) is 0 Å². The minimum Gasteiger partial charge on any atom is 0 e. The normalized spacial score (nSPS) is 0.750. The summed E-state index contributed by atoms with van der Waals surface area (Å²) in [6.45, 7) is 13.5. The average molecular weight is 200 g/mol. The largest absolute Gasteiger partial charge is 0 e. The predicted molar refractivity (Wildman–Crippen MR) is 15.4 cm³/mol. The summed E-state index contributed by atoms with van der Waals surface area (Å²) in [5, 5.41) is 0. The summed E-state index contributed by atoms with van der Waals surface area (Å²) in [6.07, 6.45) is 0. The minimum atomic E-state index is 0. The SMILES string of the molecule is O.[C-]#[O+].[C-]#[O+].[C-]#[O+].[Tc]. The van der Waals surface area contributed by atoms with Gasteiger partial charge >= 0.3 is 33.9 Å². The molecule has 0 rings (SSSR count). The molecule has 0 spiro atoms. The van der Waals surface area contributed by atoms with Crippen LogP contribution in [0.2, 0.25) is 0 Å². The maximum absolute atomic E-state index is 7.50. The molecule has 5 heteroatoms. The van der Waals surface area contributed by atoms with Crippen molar-refractivity contribution < 1.29 is 39.5 Å². The first-order valence-electron chi connectivity index (χ1n) is 0.612. The Balaban J connectivity index is -0.00000000500. The molecule has 0 amide bonds. The third-order valence-electron chi connectivity index (χ3n) is 0. The van der Waals surface area contributed by atoms with E-state index in [1.807, 2.05) is 0 Å². The Hall–Kier alpha value is -0.171. The van der Waals surface area contributed by atoms with Gasteiger partial charge in [0.1, 0.15) is 0 Å². The zero-order valence-electron chi connectivity index (χ0n) is 3.60. The molecule has 0 aliphatic carbocycles. The van der Waals surface area contributed by atoms with Crippen LogP contribution < -0.4 is 0 Å². The third-order valence-corrected chi connectivity index (χ3v) is 0. The Morgan fingerprint density at radius 3 is 0.625 bits per heavy atom. The molecule has 1 radical (unpaired) electrons. The van der Waals surface area contributed by atoms with E-state index in [1.165, 1.54) is 0 Å². The zero-order valence-corrected chi connectivity index (χ0v) is 5.46. The van der Waals surface area contributed by atoms with Crippen molar-refractivity contribution >= 4 is 0 Å². The summed E-state index contributed by atoms with van der Waals surface area (Å²) in [4.78, 5) is 0. The Labute approximate surface area is 60.1 Å². The molecule has 0 heterocycles. The van der Waals surface area contributed by atoms with E-state index in [-0.39, 0.29) is 25.6 Å². The monoisotopic (exact) mass is 199 g/mol. The number of hydrogen-bond donors (Lipinski definition) is 0. The summed E-state index contributed by atoms with van der Waals surface area (Å²) in [5.41, 5.74) is 0. The molecule has 8 heavy (non-hydrogen) atoms. The molecular weight excluding hydrogens is 198 g/mol. The smallest absolute Gasteiger partial charge is 0 e. The van der Waals surface area contributed by atoms with Gasteiger partial charge in [-0.25, -0.2) is 0 Å². The van der Waals surface area contributed by atoms with Crippen molar-refractivity contribution in [3.63, 3.8) is 0 Å². The van der Waals surface area contributed by atoms with Gasteiger partial charge in [0.15, 0.2) is 0 Å². The summed E-state index contributed by atoms with van der Waals surface area (Å²) < 4.78 is 22.5. The van der Waals surface area contributed by atoms with Crippen molar-refractivity contribution in [1.82, 2.24) is 0 Å². The van der Waals surface area contributed by atoms with Gasteiger partial charge in [-0.3, -0.25) is 0 Å². The van der Waals surface area contributed by atoms with Gasteiger partial charge in [-0.1, -0.05) is 0 Å². The van der Waals surface area contributed by atoms with Crippen LogP contribution in [0.4, 0.5) is 0 Å². The van der Waals surface area contributed by atoms with Crippen molar-refractivity contribution in [2.45, 2.75) is 0 Å².